The van der Waals surface area contributed by atoms with Crippen molar-refractivity contribution >= 4 is 62.5 Å². The highest BCUT2D eigenvalue weighted by Gasteiger charge is 2.14. The standard InChI is InChI=1S/C13H8BrCl2N3S/c1-6-4-8-12(17-5-6)19(13(20)18-8)9-3-2-7(14)10(15)11(9)16/h2-5H,1H3,(H,18,20). The maximum absolute atomic E-state index is 6.32. The van der Waals surface area contributed by atoms with Crippen molar-refractivity contribution in [3.05, 3.63) is 49.2 Å². The molecule has 0 radical (unpaired) electrons. The highest BCUT2D eigenvalue weighted by Crippen LogP contribution is 2.35. The largest absolute Gasteiger partial charge is 0.329 e. The summed E-state index contributed by atoms with van der Waals surface area (Å²) in [5.41, 5.74) is 3.35. The van der Waals surface area contributed by atoms with E-state index in [1.807, 2.05) is 25.1 Å². The zero-order valence-electron chi connectivity index (χ0n) is 10.2. The number of nitrogens with zero attached hydrogens (tertiary/aromatic N) is 2. The molecular formula is C13H8BrCl2N3S. The fraction of sp³-hybridized carbons (Fsp3) is 0.0769. The Morgan fingerprint density at radius 1 is 1.30 bits per heavy atom. The predicted molar refractivity (Wildman–Crippen MR) is 88.7 cm³/mol. The maximum Gasteiger partial charge on any atom is 0.184 e. The lowest BCUT2D eigenvalue weighted by atomic mass is 10.3. The zero-order chi connectivity index (χ0) is 14.4. The van der Waals surface area contributed by atoms with Crippen molar-refractivity contribution in [1.82, 2.24) is 14.5 Å². The Bertz CT molecular complexity index is 885. The predicted octanol–water partition coefficient (Wildman–Crippen LogP) is 5.46. The Morgan fingerprint density at radius 3 is 2.80 bits per heavy atom. The van der Waals surface area contributed by atoms with E-state index < -0.39 is 0 Å². The van der Waals surface area contributed by atoms with Crippen LogP contribution < -0.4 is 0 Å². The minimum absolute atomic E-state index is 0.431. The summed E-state index contributed by atoms with van der Waals surface area (Å²) in [6, 6.07) is 5.67. The first-order chi connectivity index (χ1) is 9.49. The van der Waals surface area contributed by atoms with Gasteiger partial charge in [-0.05, 0) is 58.8 Å². The van der Waals surface area contributed by atoms with Gasteiger partial charge < -0.3 is 4.98 Å². The van der Waals surface area contributed by atoms with Crippen LogP contribution in [-0.2, 0) is 0 Å². The number of pyridine rings is 1. The third-order valence-electron chi connectivity index (χ3n) is 2.92. The molecule has 2 heterocycles. The van der Waals surface area contributed by atoms with E-state index in [-0.39, 0.29) is 0 Å². The second kappa shape index (κ2) is 5.15. The number of aryl methyl sites for hydroxylation is 1. The molecule has 0 aliphatic heterocycles. The third kappa shape index (κ3) is 2.19. The minimum Gasteiger partial charge on any atom is -0.329 e. The average molecular weight is 389 g/mol. The summed E-state index contributed by atoms with van der Waals surface area (Å²) in [6.45, 7) is 1.98. The SMILES string of the molecule is Cc1cnc2c(c1)[nH]c(=S)n2-c1ccc(Br)c(Cl)c1Cl. The first-order valence-corrected chi connectivity index (χ1v) is 7.66. The molecule has 0 aliphatic rings. The van der Waals surface area contributed by atoms with Crippen molar-refractivity contribution in [3.8, 4) is 5.69 Å². The molecule has 3 nitrogen and oxygen atoms in total. The van der Waals surface area contributed by atoms with E-state index in [2.05, 4.69) is 25.9 Å². The zero-order valence-corrected chi connectivity index (χ0v) is 14.2. The van der Waals surface area contributed by atoms with Gasteiger partial charge in [0.2, 0.25) is 0 Å². The summed E-state index contributed by atoms with van der Waals surface area (Å²) in [5, 5.41) is 0.882. The molecule has 2 aromatic heterocycles. The number of fused-ring (bicyclic) bond motifs is 1. The van der Waals surface area contributed by atoms with Crippen LogP contribution in [0, 0.1) is 11.7 Å². The second-order valence-corrected chi connectivity index (χ2v) is 6.34. The van der Waals surface area contributed by atoms with Crippen LogP contribution in [0.15, 0.2) is 28.9 Å². The summed E-state index contributed by atoms with van der Waals surface area (Å²) >= 11 is 21.2. The van der Waals surface area contributed by atoms with Crippen LogP contribution in [0.3, 0.4) is 0 Å². The van der Waals surface area contributed by atoms with Gasteiger partial charge in [0.25, 0.3) is 0 Å². The molecule has 7 heteroatoms. The van der Waals surface area contributed by atoms with Gasteiger partial charge in [0.15, 0.2) is 10.4 Å². The number of H-pyrrole nitrogens is 1. The second-order valence-electron chi connectivity index (χ2n) is 4.34. The Morgan fingerprint density at radius 2 is 2.05 bits per heavy atom. The van der Waals surface area contributed by atoms with Crippen molar-refractivity contribution in [2.24, 2.45) is 0 Å². The van der Waals surface area contributed by atoms with Gasteiger partial charge in [-0.3, -0.25) is 4.57 Å². The van der Waals surface area contributed by atoms with E-state index in [0.717, 1.165) is 21.2 Å². The molecule has 3 rings (SSSR count). The topological polar surface area (TPSA) is 33.6 Å². The normalized spacial score (nSPS) is 11.2. The molecule has 20 heavy (non-hydrogen) atoms. The van der Waals surface area contributed by atoms with Gasteiger partial charge in [-0.15, -0.1) is 0 Å². The molecule has 0 bridgehead atoms. The monoisotopic (exact) mass is 387 g/mol. The van der Waals surface area contributed by atoms with E-state index in [4.69, 9.17) is 35.4 Å². The van der Waals surface area contributed by atoms with E-state index >= 15 is 0 Å². The van der Waals surface area contributed by atoms with Crippen LogP contribution in [0.5, 0.6) is 0 Å². The first kappa shape index (κ1) is 14.1. The molecule has 0 saturated heterocycles. The number of aromatic amines is 1. The minimum atomic E-state index is 0.431. The summed E-state index contributed by atoms with van der Waals surface area (Å²) in [7, 11) is 0. The van der Waals surface area contributed by atoms with E-state index in [9.17, 15) is 0 Å². The molecule has 0 atom stereocenters. The van der Waals surface area contributed by atoms with Crippen molar-refractivity contribution in [2.75, 3.05) is 0 Å². The molecule has 0 saturated carbocycles. The quantitative estimate of drug-likeness (QED) is 0.443. The highest BCUT2D eigenvalue weighted by atomic mass is 79.9. The number of rotatable bonds is 1. The lowest BCUT2D eigenvalue weighted by molar-refractivity contribution is 1.04. The lowest BCUT2D eigenvalue weighted by Gasteiger charge is -2.09. The van der Waals surface area contributed by atoms with Crippen LogP contribution in [0.1, 0.15) is 5.56 Å². The number of halogens is 3. The van der Waals surface area contributed by atoms with Crippen molar-refractivity contribution < 1.29 is 0 Å². The van der Waals surface area contributed by atoms with Gasteiger partial charge in [-0.2, -0.15) is 0 Å². The van der Waals surface area contributed by atoms with Gasteiger partial charge in [0.1, 0.15) is 0 Å². The molecule has 1 aromatic carbocycles. The van der Waals surface area contributed by atoms with Crippen molar-refractivity contribution in [1.29, 1.82) is 0 Å². The summed E-state index contributed by atoms with van der Waals surface area (Å²) in [4.78, 5) is 7.55. The fourth-order valence-electron chi connectivity index (χ4n) is 2.01. The molecule has 0 spiro atoms. The van der Waals surface area contributed by atoms with Crippen LogP contribution in [0.25, 0.3) is 16.9 Å². The molecule has 0 aliphatic carbocycles. The van der Waals surface area contributed by atoms with Crippen LogP contribution in [0.2, 0.25) is 10.0 Å². The third-order valence-corrected chi connectivity index (χ3v) is 4.96. The number of hydrogen-bond donors (Lipinski definition) is 1. The smallest absolute Gasteiger partial charge is 0.184 e. The number of nitrogens with one attached hydrogen (secondary N) is 1. The van der Waals surface area contributed by atoms with E-state index in [1.165, 1.54) is 0 Å². The molecule has 102 valence electrons. The summed E-state index contributed by atoms with van der Waals surface area (Å²) in [6.07, 6.45) is 1.79. The van der Waals surface area contributed by atoms with Crippen molar-refractivity contribution in [2.45, 2.75) is 6.92 Å². The molecule has 0 unspecified atom stereocenters. The van der Waals surface area contributed by atoms with Crippen LogP contribution >= 0.6 is 51.3 Å². The van der Waals surface area contributed by atoms with Gasteiger partial charge in [-0.1, -0.05) is 23.2 Å². The fourth-order valence-corrected chi connectivity index (χ4v) is 3.16. The molecule has 0 amide bonds. The van der Waals surface area contributed by atoms with Gasteiger partial charge in [0.05, 0.1) is 21.2 Å². The van der Waals surface area contributed by atoms with E-state index in [1.54, 1.807) is 10.8 Å². The molecule has 1 N–H and O–H groups in total. The summed E-state index contributed by atoms with van der Waals surface area (Å²) < 4.78 is 3.05. The number of benzene rings is 1. The van der Waals surface area contributed by atoms with Gasteiger partial charge in [0, 0.05) is 10.7 Å². The van der Waals surface area contributed by atoms with Crippen LogP contribution in [-0.4, -0.2) is 14.5 Å². The number of aromatic nitrogens is 3. The van der Waals surface area contributed by atoms with Gasteiger partial charge in [-0.25, -0.2) is 4.98 Å². The van der Waals surface area contributed by atoms with E-state index in [0.29, 0.717) is 20.5 Å². The number of imidazole rings is 1. The van der Waals surface area contributed by atoms with Gasteiger partial charge >= 0.3 is 0 Å². The Balaban J connectivity index is 2.38. The highest BCUT2D eigenvalue weighted by molar-refractivity contribution is 9.10. The average Bonchev–Trinajstić information content (AvgIpc) is 2.72. The molecular weight excluding hydrogens is 381 g/mol. The Labute approximate surface area is 138 Å². The van der Waals surface area contributed by atoms with Crippen LogP contribution in [0.4, 0.5) is 0 Å². The van der Waals surface area contributed by atoms with Crippen molar-refractivity contribution in [3.63, 3.8) is 0 Å². The lowest BCUT2D eigenvalue weighted by Crippen LogP contribution is -1.97. The summed E-state index contributed by atoms with van der Waals surface area (Å²) in [5.74, 6) is 0. The molecule has 3 aromatic rings. The first-order valence-electron chi connectivity index (χ1n) is 5.70. The maximum atomic E-state index is 6.32. The Kier molecular flexibility index (Phi) is 3.62. The Hall–Kier alpha value is -0.880. The number of hydrogen-bond acceptors (Lipinski definition) is 2. The molecule has 0 fully saturated rings.